The van der Waals surface area contributed by atoms with Crippen LogP contribution in [0.3, 0.4) is 0 Å². The summed E-state index contributed by atoms with van der Waals surface area (Å²) in [6.45, 7) is 11.5. The van der Waals surface area contributed by atoms with E-state index < -0.39 is 0 Å². The van der Waals surface area contributed by atoms with Crippen LogP contribution < -0.4 is 0 Å². The van der Waals surface area contributed by atoms with Gasteiger partial charge in [0.05, 0.1) is 6.54 Å². The second kappa shape index (κ2) is 4.91. The smallest absolute Gasteiger partial charge is 0.0619 e. The fourth-order valence-corrected chi connectivity index (χ4v) is 2.99. The van der Waals surface area contributed by atoms with Gasteiger partial charge in [-0.3, -0.25) is 4.68 Å². The maximum absolute atomic E-state index is 4.29. The average Bonchev–Trinajstić information content (AvgIpc) is 2.82. The van der Waals surface area contributed by atoms with Gasteiger partial charge in [0, 0.05) is 12.4 Å². The van der Waals surface area contributed by atoms with E-state index in [0.717, 1.165) is 6.54 Å². The summed E-state index contributed by atoms with van der Waals surface area (Å²) in [5, 5.41) is 4.25. The third kappa shape index (κ3) is 2.51. The maximum atomic E-state index is 4.29. The van der Waals surface area contributed by atoms with E-state index in [1.165, 1.54) is 31.3 Å². The Morgan fingerprint density at radius 1 is 1.59 bits per heavy atom. The first-order valence-corrected chi connectivity index (χ1v) is 6.44. The van der Waals surface area contributed by atoms with Crippen LogP contribution in [0.25, 0.3) is 0 Å². The van der Waals surface area contributed by atoms with Crippen molar-refractivity contribution >= 4 is 0 Å². The molecular weight excluding hydrogens is 208 g/mol. The van der Waals surface area contributed by atoms with Gasteiger partial charge < -0.3 is 0 Å². The van der Waals surface area contributed by atoms with E-state index in [2.05, 4.69) is 31.3 Å². The third-order valence-electron chi connectivity index (χ3n) is 4.14. The molecule has 1 saturated carbocycles. The molecule has 0 saturated heterocycles. The molecule has 0 amide bonds. The van der Waals surface area contributed by atoms with Crippen molar-refractivity contribution in [3.8, 4) is 0 Å². The molecule has 1 aromatic rings. The summed E-state index contributed by atoms with van der Waals surface area (Å²) >= 11 is 0. The van der Waals surface area contributed by atoms with Gasteiger partial charge in [0.25, 0.3) is 0 Å². The van der Waals surface area contributed by atoms with Crippen molar-refractivity contribution < 1.29 is 0 Å². The van der Waals surface area contributed by atoms with Crippen LogP contribution in [0.1, 0.15) is 32.6 Å². The fraction of sp³-hybridized carbons (Fsp3) is 0.533. The summed E-state index contributed by atoms with van der Waals surface area (Å²) in [6.07, 6.45) is 11.0. The molecule has 0 unspecified atom stereocenters. The molecule has 0 aromatic carbocycles. The molecule has 1 aliphatic carbocycles. The molecule has 0 spiro atoms. The van der Waals surface area contributed by atoms with Gasteiger partial charge in [-0.1, -0.05) is 38.0 Å². The second-order valence-electron chi connectivity index (χ2n) is 5.37. The van der Waals surface area contributed by atoms with Gasteiger partial charge in [0.15, 0.2) is 0 Å². The lowest BCUT2D eigenvalue weighted by Gasteiger charge is -2.40. The molecule has 1 heterocycles. The normalized spacial score (nSPS) is 28.9. The highest BCUT2D eigenvalue weighted by Gasteiger charge is 2.35. The summed E-state index contributed by atoms with van der Waals surface area (Å²) in [5.74, 6) is 0.554. The van der Waals surface area contributed by atoms with Crippen LogP contribution in [0.5, 0.6) is 0 Å². The predicted molar refractivity (Wildman–Crippen MR) is 71.6 cm³/mol. The first kappa shape index (κ1) is 12.2. The monoisotopic (exact) mass is 230 g/mol. The Labute approximate surface area is 104 Å². The van der Waals surface area contributed by atoms with Crippen LogP contribution in [0.4, 0.5) is 0 Å². The third-order valence-corrected chi connectivity index (χ3v) is 4.14. The predicted octanol–water partition coefficient (Wildman–Crippen LogP) is 3.82. The highest BCUT2D eigenvalue weighted by Crippen LogP contribution is 2.45. The topological polar surface area (TPSA) is 17.8 Å². The lowest BCUT2D eigenvalue weighted by molar-refractivity contribution is 0.198. The zero-order chi connectivity index (χ0) is 12.3. The molecule has 2 nitrogen and oxygen atoms in total. The quantitative estimate of drug-likeness (QED) is 0.719. The second-order valence-corrected chi connectivity index (χ2v) is 5.37. The molecule has 0 aliphatic heterocycles. The van der Waals surface area contributed by atoms with E-state index in [0.29, 0.717) is 5.92 Å². The SMILES string of the molecule is C=C[C@]1(C)CCCC[C@H]1C(=C)Cn1cccn1. The molecule has 2 heteroatoms. The minimum atomic E-state index is 0.225. The van der Waals surface area contributed by atoms with E-state index in [4.69, 9.17) is 0 Å². The molecule has 0 N–H and O–H groups in total. The van der Waals surface area contributed by atoms with Crippen LogP contribution in [0.2, 0.25) is 0 Å². The highest BCUT2D eigenvalue weighted by atomic mass is 15.3. The standard InChI is InChI=1S/C15H22N2/c1-4-15(3)9-6-5-8-14(15)13(2)12-17-11-7-10-16-17/h4,7,10-11,14H,1-2,5-6,8-9,12H2,3H3/t14-,15+/m0/s1. The number of nitrogens with zero attached hydrogens (tertiary/aromatic N) is 2. The van der Waals surface area contributed by atoms with Crippen molar-refractivity contribution in [3.05, 3.63) is 43.3 Å². The Kier molecular flexibility index (Phi) is 3.51. The van der Waals surface area contributed by atoms with Gasteiger partial charge in [-0.15, -0.1) is 6.58 Å². The number of hydrogen-bond acceptors (Lipinski definition) is 1. The summed E-state index contributed by atoms with van der Waals surface area (Å²) < 4.78 is 1.96. The van der Waals surface area contributed by atoms with E-state index in [1.807, 2.05) is 23.1 Å². The van der Waals surface area contributed by atoms with Gasteiger partial charge in [-0.2, -0.15) is 5.10 Å². The summed E-state index contributed by atoms with van der Waals surface area (Å²) in [5.41, 5.74) is 1.51. The minimum Gasteiger partial charge on any atom is -0.269 e. The lowest BCUT2D eigenvalue weighted by atomic mass is 9.65. The Balaban J connectivity index is 2.09. The number of hydrogen-bond donors (Lipinski definition) is 0. The number of aromatic nitrogens is 2. The van der Waals surface area contributed by atoms with Gasteiger partial charge >= 0.3 is 0 Å². The molecule has 17 heavy (non-hydrogen) atoms. The maximum Gasteiger partial charge on any atom is 0.0619 e. The summed E-state index contributed by atoms with van der Waals surface area (Å²) in [7, 11) is 0. The molecule has 1 aliphatic rings. The zero-order valence-electron chi connectivity index (χ0n) is 10.7. The molecule has 2 rings (SSSR count). The van der Waals surface area contributed by atoms with Gasteiger partial charge in [0.1, 0.15) is 0 Å². The zero-order valence-corrected chi connectivity index (χ0v) is 10.7. The van der Waals surface area contributed by atoms with Gasteiger partial charge in [0.2, 0.25) is 0 Å². The van der Waals surface area contributed by atoms with Crippen molar-refractivity contribution in [1.82, 2.24) is 9.78 Å². The summed E-state index contributed by atoms with van der Waals surface area (Å²) in [4.78, 5) is 0. The van der Waals surface area contributed by atoms with Crippen molar-refractivity contribution in [2.75, 3.05) is 0 Å². The Bertz CT molecular complexity index is 391. The summed E-state index contributed by atoms with van der Waals surface area (Å²) in [6, 6.07) is 1.96. The largest absolute Gasteiger partial charge is 0.269 e. The Morgan fingerprint density at radius 2 is 2.41 bits per heavy atom. The first-order chi connectivity index (χ1) is 8.15. The van der Waals surface area contributed by atoms with E-state index in [1.54, 1.807) is 0 Å². The van der Waals surface area contributed by atoms with Crippen LogP contribution in [0, 0.1) is 11.3 Å². The van der Waals surface area contributed by atoms with Crippen molar-refractivity contribution in [3.63, 3.8) is 0 Å². The molecule has 0 radical (unpaired) electrons. The number of allylic oxidation sites excluding steroid dienone is 2. The lowest BCUT2D eigenvalue weighted by Crippen LogP contribution is -2.31. The average molecular weight is 230 g/mol. The first-order valence-electron chi connectivity index (χ1n) is 6.44. The van der Waals surface area contributed by atoms with Crippen LogP contribution in [0.15, 0.2) is 43.3 Å². The Morgan fingerprint density at radius 3 is 3.06 bits per heavy atom. The van der Waals surface area contributed by atoms with Gasteiger partial charge in [-0.05, 0) is 30.2 Å². The van der Waals surface area contributed by atoms with Gasteiger partial charge in [-0.25, -0.2) is 0 Å². The van der Waals surface area contributed by atoms with Crippen molar-refractivity contribution in [1.29, 1.82) is 0 Å². The van der Waals surface area contributed by atoms with Crippen molar-refractivity contribution in [2.45, 2.75) is 39.2 Å². The van der Waals surface area contributed by atoms with E-state index >= 15 is 0 Å². The van der Waals surface area contributed by atoms with E-state index in [-0.39, 0.29) is 5.41 Å². The number of rotatable bonds is 4. The Hall–Kier alpha value is -1.31. The van der Waals surface area contributed by atoms with Crippen LogP contribution >= 0.6 is 0 Å². The molecule has 1 fully saturated rings. The van der Waals surface area contributed by atoms with Crippen LogP contribution in [-0.2, 0) is 6.54 Å². The molecule has 2 atom stereocenters. The van der Waals surface area contributed by atoms with Crippen LogP contribution in [-0.4, -0.2) is 9.78 Å². The molecule has 0 bridgehead atoms. The fourth-order valence-electron chi connectivity index (χ4n) is 2.99. The molecule has 1 aromatic heterocycles. The minimum absolute atomic E-state index is 0.225. The molecular formula is C15H22N2. The molecule has 92 valence electrons. The van der Waals surface area contributed by atoms with E-state index in [9.17, 15) is 0 Å². The highest BCUT2D eigenvalue weighted by molar-refractivity contribution is 5.13. The van der Waals surface area contributed by atoms with Crippen molar-refractivity contribution in [2.24, 2.45) is 11.3 Å².